The van der Waals surface area contributed by atoms with Crippen molar-refractivity contribution < 1.29 is 18.7 Å². The van der Waals surface area contributed by atoms with E-state index in [2.05, 4.69) is 10.9 Å². The monoisotopic (exact) mass is 362 g/mol. The van der Waals surface area contributed by atoms with Gasteiger partial charge in [-0.2, -0.15) is 0 Å². The molecule has 2 amide bonds. The molecule has 0 bridgehead atoms. The Labute approximate surface area is 149 Å². The number of thioether (sulfide) groups is 1. The molecule has 0 unspecified atom stereocenters. The van der Waals surface area contributed by atoms with E-state index in [1.165, 1.54) is 6.07 Å². The molecular weight excluding hydrogens is 343 g/mol. The van der Waals surface area contributed by atoms with E-state index in [1.807, 2.05) is 31.2 Å². The third kappa shape index (κ3) is 6.84. The zero-order valence-corrected chi connectivity index (χ0v) is 14.6. The summed E-state index contributed by atoms with van der Waals surface area (Å²) in [6, 6.07) is 13.7. The molecule has 0 aliphatic carbocycles. The number of hydrazine groups is 1. The summed E-state index contributed by atoms with van der Waals surface area (Å²) in [4.78, 5) is 23.7. The van der Waals surface area contributed by atoms with Gasteiger partial charge in [0.15, 0.2) is 0 Å². The van der Waals surface area contributed by atoms with Crippen molar-refractivity contribution >= 4 is 23.6 Å². The minimum absolute atomic E-state index is 0.00107. The van der Waals surface area contributed by atoms with E-state index >= 15 is 0 Å². The van der Waals surface area contributed by atoms with Gasteiger partial charge in [0.2, 0.25) is 11.8 Å². The Kier molecular flexibility index (Phi) is 7.28. The summed E-state index contributed by atoms with van der Waals surface area (Å²) in [7, 11) is 0. The lowest BCUT2D eigenvalue weighted by Crippen LogP contribution is -2.42. The van der Waals surface area contributed by atoms with Crippen molar-refractivity contribution in [2.75, 3.05) is 12.4 Å². The van der Waals surface area contributed by atoms with Gasteiger partial charge in [-0.15, -0.1) is 11.8 Å². The smallest absolute Gasteiger partial charge is 0.248 e. The molecule has 25 heavy (non-hydrogen) atoms. The number of amides is 2. The fourth-order valence-corrected chi connectivity index (χ4v) is 2.58. The van der Waals surface area contributed by atoms with Gasteiger partial charge < -0.3 is 4.74 Å². The molecule has 0 aliphatic heterocycles. The molecule has 0 saturated carbocycles. The summed E-state index contributed by atoms with van der Waals surface area (Å²) in [6.45, 7) is 2.18. The van der Waals surface area contributed by atoms with Crippen molar-refractivity contribution in [2.24, 2.45) is 0 Å². The third-order valence-corrected chi connectivity index (χ3v) is 4.20. The summed E-state index contributed by atoms with van der Waals surface area (Å²) < 4.78 is 18.9. The van der Waals surface area contributed by atoms with Crippen molar-refractivity contribution in [3.8, 4) is 5.75 Å². The van der Waals surface area contributed by atoms with E-state index in [0.29, 0.717) is 10.6 Å². The maximum Gasteiger partial charge on any atom is 0.248 e. The topological polar surface area (TPSA) is 67.4 Å². The normalized spacial score (nSPS) is 10.2. The van der Waals surface area contributed by atoms with Gasteiger partial charge in [-0.1, -0.05) is 29.8 Å². The first-order valence-corrected chi connectivity index (χ1v) is 8.67. The van der Waals surface area contributed by atoms with Crippen molar-refractivity contribution in [3.63, 3.8) is 0 Å². The predicted octanol–water partition coefficient (Wildman–Crippen LogP) is 2.84. The number of benzene rings is 2. The Morgan fingerprint density at radius 3 is 2.44 bits per heavy atom. The van der Waals surface area contributed by atoms with Crippen LogP contribution in [0.2, 0.25) is 0 Å². The number of hydrogen-bond donors (Lipinski definition) is 2. The van der Waals surface area contributed by atoms with E-state index in [9.17, 15) is 14.0 Å². The quantitative estimate of drug-likeness (QED) is 0.587. The highest BCUT2D eigenvalue weighted by atomic mass is 32.2. The minimum Gasteiger partial charge on any atom is -0.493 e. The van der Waals surface area contributed by atoms with Crippen LogP contribution in [-0.4, -0.2) is 24.2 Å². The summed E-state index contributed by atoms with van der Waals surface area (Å²) in [6.07, 6.45) is 0.106. The summed E-state index contributed by atoms with van der Waals surface area (Å²) in [5.41, 5.74) is 5.72. The highest BCUT2D eigenvalue weighted by molar-refractivity contribution is 8.00. The van der Waals surface area contributed by atoms with Crippen molar-refractivity contribution in [3.05, 3.63) is 59.9 Å². The molecule has 0 radical (unpaired) electrons. The number of halogens is 1. The second kappa shape index (κ2) is 9.68. The average molecular weight is 362 g/mol. The van der Waals surface area contributed by atoms with E-state index in [-0.39, 0.29) is 30.5 Å². The van der Waals surface area contributed by atoms with Crippen molar-refractivity contribution in [1.82, 2.24) is 10.9 Å². The van der Waals surface area contributed by atoms with Crippen LogP contribution in [0, 0.1) is 12.7 Å². The first-order chi connectivity index (χ1) is 12.0. The highest BCUT2D eigenvalue weighted by Crippen LogP contribution is 2.20. The fraction of sp³-hybridized carbons (Fsp3) is 0.222. The number of carbonyl (C=O) groups is 2. The van der Waals surface area contributed by atoms with Crippen molar-refractivity contribution in [2.45, 2.75) is 18.2 Å². The zero-order chi connectivity index (χ0) is 18.1. The predicted molar refractivity (Wildman–Crippen MR) is 94.7 cm³/mol. The Morgan fingerprint density at radius 2 is 1.72 bits per heavy atom. The summed E-state index contributed by atoms with van der Waals surface area (Å²) in [5, 5.41) is 0. The Balaban J connectivity index is 1.61. The molecule has 2 aromatic rings. The zero-order valence-electron chi connectivity index (χ0n) is 13.8. The van der Waals surface area contributed by atoms with Gasteiger partial charge in [0.25, 0.3) is 0 Å². The molecule has 0 spiro atoms. The molecule has 0 atom stereocenters. The molecule has 0 aliphatic rings. The van der Waals surface area contributed by atoms with E-state index in [0.717, 1.165) is 17.3 Å². The third-order valence-electron chi connectivity index (χ3n) is 3.16. The molecule has 0 fully saturated rings. The molecule has 0 heterocycles. The average Bonchev–Trinajstić information content (AvgIpc) is 2.61. The lowest BCUT2D eigenvalue weighted by atomic mass is 10.2. The maximum atomic E-state index is 13.4. The second-order valence-electron chi connectivity index (χ2n) is 5.23. The van der Waals surface area contributed by atoms with E-state index in [1.54, 1.807) is 18.2 Å². The van der Waals surface area contributed by atoms with Gasteiger partial charge >= 0.3 is 0 Å². The Bertz CT molecular complexity index is 723. The van der Waals surface area contributed by atoms with Gasteiger partial charge in [0.05, 0.1) is 18.8 Å². The Morgan fingerprint density at radius 1 is 1.04 bits per heavy atom. The SMILES string of the molecule is Cc1ccc(OCCC(=O)NNC(=O)CSc2ccccc2F)cc1. The molecule has 132 valence electrons. The lowest BCUT2D eigenvalue weighted by molar-refractivity contribution is -0.127. The minimum atomic E-state index is -0.416. The number of carbonyl (C=O) groups excluding carboxylic acids is 2. The van der Waals surface area contributed by atoms with Crippen LogP contribution in [0.5, 0.6) is 5.75 Å². The van der Waals surface area contributed by atoms with Gasteiger partial charge in [0.1, 0.15) is 11.6 Å². The molecular formula is C18H19FN2O3S. The van der Waals surface area contributed by atoms with Gasteiger partial charge in [-0.25, -0.2) is 4.39 Å². The molecule has 2 aromatic carbocycles. The van der Waals surface area contributed by atoms with Crippen LogP contribution in [0.1, 0.15) is 12.0 Å². The number of aryl methyl sites for hydroxylation is 1. The van der Waals surface area contributed by atoms with Crippen LogP contribution in [-0.2, 0) is 9.59 Å². The number of ether oxygens (including phenoxy) is 1. The van der Waals surface area contributed by atoms with Crippen LogP contribution in [0.25, 0.3) is 0 Å². The summed E-state index contributed by atoms with van der Waals surface area (Å²) in [5.74, 6) is -0.472. The van der Waals surface area contributed by atoms with E-state index < -0.39 is 5.91 Å². The van der Waals surface area contributed by atoms with Gasteiger partial charge in [0, 0.05) is 4.90 Å². The van der Waals surface area contributed by atoms with Gasteiger partial charge in [-0.3, -0.25) is 20.4 Å². The molecule has 2 N–H and O–H groups in total. The lowest BCUT2D eigenvalue weighted by Gasteiger charge is -2.09. The summed E-state index contributed by atoms with van der Waals surface area (Å²) >= 11 is 1.06. The first kappa shape index (κ1) is 18.8. The standard InChI is InChI=1S/C18H19FN2O3S/c1-13-6-8-14(9-7-13)24-11-10-17(22)20-21-18(23)12-25-16-5-3-2-4-15(16)19/h2-9H,10-12H2,1H3,(H,20,22)(H,21,23). The molecule has 0 saturated heterocycles. The van der Waals surface area contributed by atoms with Crippen LogP contribution in [0.4, 0.5) is 4.39 Å². The van der Waals surface area contributed by atoms with Crippen LogP contribution in [0.3, 0.4) is 0 Å². The molecule has 2 rings (SSSR count). The molecule has 5 nitrogen and oxygen atoms in total. The molecule has 7 heteroatoms. The fourth-order valence-electron chi connectivity index (χ4n) is 1.84. The second-order valence-corrected chi connectivity index (χ2v) is 6.24. The molecule has 0 aromatic heterocycles. The van der Waals surface area contributed by atoms with Gasteiger partial charge in [-0.05, 0) is 31.2 Å². The first-order valence-electron chi connectivity index (χ1n) is 7.69. The number of nitrogens with one attached hydrogen (secondary N) is 2. The van der Waals surface area contributed by atoms with E-state index in [4.69, 9.17) is 4.74 Å². The largest absolute Gasteiger partial charge is 0.493 e. The maximum absolute atomic E-state index is 13.4. The Hall–Kier alpha value is -2.54. The number of hydrogen-bond acceptors (Lipinski definition) is 4. The van der Waals surface area contributed by atoms with Crippen LogP contribution < -0.4 is 15.6 Å². The number of rotatable bonds is 7. The highest BCUT2D eigenvalue weighted by Gasteiger charge is 2.08. The van der Waals surface area contributed by atoms with Crippen LogP contribution in [0.15, 0.2) is 53.4 Å². The van der Waals surface area contributed by atoms with Crippen molar-refractivity contribution in [1.29, 1.82) is 0 Å². The van der Waals surface area contributed by atoms with Crippen LogP contribution >= 0.6 is 11.8 Å².